The maximum atomic E-state index is 12.4. The average molecular weight is 451 g/mol. The second-order valence-electron chi connectivity index (χ2n) is 6.58. The van der Waals surface area contributed by atoms with Crippen LogP contribution in [0.25, 0.3) is 0 Å². The van der Waals surface area contributed by atoms with E-state index in [0.717, 1.165) is 14.9 Å². The zero-order chi connectivity index (χ0) is 20.8. The number of carbonyl (C=O) groups is 4. The van der Waals surface area contributed by atoms with Gasteiger partial charge in [-0.3, -0.25) is 24.1 Å². The second-order valence-corrected chi connectivity index (χ2v) is 7.50. The summed E-state index contributed by atoms with van der Waals surface area (Å²) in [5.74, 6) is -1.57. The molecule has 150 valence electrons. The molecule has 0 spiro atoms. The first-order valence-electron chi connectivity index (χ1n) is 8.98. The van der Waals surface area contributed by atoms with Gasteiger partial charge in [0, 0.05) is 30.5 Å². The third-order valence-corrected chi connectivity index (χ3v) is 4.74. The van der Waals surface area contributed by atoms with Crippen LogP contribution in [0, 0.1) is 0 Å². The van der Waals surface area contributed by atoms with E-state index in [-0.39, 0.29) is 43.7 Å². The monoisotopic (exact) mass is 450 g/mol. The largest absolute Gasteiger partial charge is 0.456 e. The Labute approximate surface area is 172 Å². The first kappa shape index (κ1) is 21.8. The zero-order valence-corrected chi connectivity index (χ0v) is 17.6. The number of nitrogens with zero attached hydrogens (tertiary/aromatic N) is 2. The van der Waals surface area contributed by atoms with Gasteiger partial charge in [0.15, 0.2) is 6.61 Å². The number of fused-ring (bicyclic) bond motifs is 1. The molecular weight excluding hydrogens is 428 g/mol. The van der Waals surface area contributed by atoms with Gasteiger partial charge in [0.2, 0.25) is 0 Å². The third kappa shape index (κ3) is 5.28. The number of imide groups is 1. The van der Waals surface area contributed by atoms with Gasteiger partial charge < -0.3 is 9.64 Å². The summed E-state index contributed by atoms with van der Waals surface area (Å²) in [4.78, 5) is 51.3. The number of carbonyl (C=O) groups excluding carboxylic acids is 4. The van der Waals surface area contributed by atoms with E-state index in [1.165, 1.54) is 0 Å². The number of esters is 1. The molecule has 0 aliphatic carbocycles. The molecule has 1 heterocycles. The van der Waals surface area contributed by atoms with Crippen LogP contribution in [0.4, 0.5) is 0 Å². The van der Waals surface area contributed by atoms with Gasteiger partial charge in [0.1, 0.15) is 0 Å². The molecule has 7 nitrogen and oxygen atoms in total. The summed E-state index contributed by atoms with van der Waals surface area (Å²) < 4.78 is 5.73. The van der Waals surface area contributed by atoms with Crippen molar-refractivity contribution in [2.75, 3.05) is 26.2 Å². The van der Waals surface area contributed by atoms with Crippen molar-refractivity contribution in [2.45, 2.75) is 26.7 Å². The molecule has 0 N–H and O–H groups in total. The number of amides is 3. The molecule has 0 radical (unpaired) electrons. The van der Waals surface area contributed by atoms with Gasteiger partial charge in [-0.15, -0.1) is 0 Å². The van der Waals surface area contributed by atoms with Crippen molar-refractivity contribution in [1.82, 2.24) is 9.80 Å². The van der Waals surface area contributed by atoms with Crippen molar-refractivity contribution in [3.8, 4) is 0 Å². The molecule has 3 amide bonds. The summed E-state index contributed by atoms with van der Waals surface area (Å²) in [6.45, 7) is 8.12. The zero-order valence-electron chi connectivity index (χ0n) is 16.0. The number of hydrogen-bond donors (Lipinski definition) is 0. The van der Waals surface area contributed by atoms with Gasteiger partial charge in [-0.25, -0.2) is 0 Å². The lowest BCUT2D eigenvalue weighted by atomic mass is 10.1. The molecule has 1 aromatic carbocycles. The fourth-order valence-electron chi connectivity index (χ4n) is 2.86. The Morgan fingerprint density at radius 1 is 1.21 bits per heavy atom. The van der Waals surface area contributed by atoms with E-state index in [1.807, 2.05) is 13.8 Å². The molecular formula is C20H23BrN2O5. The lowest BCUT2D eigenvalue weighted by molar-refractivity contribution is -0.151. The van der Waals surface area contributed by atoms with E-state index in [4.69, 9.17) is 4.74 Å². The maximum absolute atomic E-state index is 12.4. The number of likely N-dealkylation sites (N-methyl/N-ethyl adjacent to an activating group) is 1. The fraction of sp³-hybridized carbons (Fsp3) is 0.400. The van der Waals surface area contributed by atoms with E-state index >= 15 is 0 Å². The first-order valence-corrected chi connectivity index (χ1v) is 9.77. The van der Waals surface area contributed by atoms with Crippen molar-refractivity contribution in [3.05, 3.63) is 46.0 Å². The van der Waals surface area contributed by atoms with Crippen LogP contribution < -0.4 is 0 Å². The van der Waals surface area contributed by atoms with Crippen LogP contribution in [-0.4, -0.2) is 59.7 Å². The van der Waals surface area contributed by atoms with Crippen LogP contribution in [-0.2, 0) is 14.3 Å². The topological polar surface area (TPSA) is 84.0 Å². The fourth-order valence-corrected chi connectivity index (χ4v) is 3.22. The highest BCUT2D eigenvalue weighted by molar-refractivity contribution is 9.10. The highest BCUT2D eigenvalue weighted by Gasteiger charge is 2.35. The molecule has 0 aromatic heterocycles. The highest BCUT2D eigenvalue weighted by Crippen LogP contribution is 2.26. The normalized spacial score (nSPS) is 12.8. The van der Waals surface area contributed by atoms with Gasteiger partial charge in [-0.2, -0.15) is 0 Å². The summed E-state index contributed by atoms with van der Waals surface area (Å²) >= 11 is 3.28. The van der Waals surface area contributed by atoms with Gasteiger partial charge >= 0.3 is 5.97 Å². The Morgan fingerprint density at radius 2 is 1.89 bits per heavy atom. The number of hydrogen-bond acceptors (Lipinski definition) is 5. The van der Waals surface area contributed by atoms with E-state index in [0.29, 0.717) is 24.2 Å². The molecule has 0 bridgehead atoms. The molecule has 0 atom stereocenters. The van der Waals surface area contributed by atoms with Crippen molar-refractivity contribution < 1.29 is 23.9 Å². The predicted octanol–water partition coefficient (Wildman–Crippen LogP) is 2.79. The van der Waals surface area contributed by atoms with Gasteiger partial charge in [0.05, 0.1) is 11.1 Å². The van der Waals surface area contributed by atoms with Crippen LogP contribution in [0.2, 0.25) is 0 Å². The lowest BCUT2D eigenvalue weighted by Crippen LogP contribution is -2.35. The Morgan fingerprint density at radius 3 is 2.54 bits per heavy atom. The average Bonchev–Trinajstić information content (AvgIpc) is 2.88. The molecule has 28 heavy (non-hydrogen) atoms. The Bertz CT molecular complexity index is 821. The Kier molecular flexibility index (Phi) is 7.51. The third-order valence-electron chi connectivity index (χ3n) is 4.25. The standard InChI is InChI=1S/C20H23BrN2O5/c1-4-22(11-13(2)3)17(24)12-28-18(25)6-5-9-23-19(26)15-8-7-14(21)10-16(15)20(23)27/h7-8,10H,2,4-6,9,11-12H2,1,3H3. The van der Waals surface area contributed by atoms with Gasteiger partial charge in [-0.05, 0) is 38.5 Å². The minimum atomic E-state index is -0.543. The van der Waals surface area contributed by atoms with Crippen LogP contribution in [0.5, 0.6) is 0 Å². The molecule has 0 fully saturated rings. The van der Waals surface area contributed by atoms with Crippen LogP contribution in [0.1, 0.15) is 47.4 Å². The minimum absolute atomic E-state index is 0.0109. The van der Waals surface area contributed by atoms with Crippen LogP contribution in [0.15, 0.2) is 34.8 Å². The van der Waals surface area contributed by atoms with E-state index in [2.05, 4.69) is 22.5 Å². The summed E-state index contributed by atoms with van der Waals surface area (Å²) in [7, 11) is 0. The van der Waals surface area contributed by atoms with Crippen molar-refractivity contribution in [3.63, 3.8) is 0 Å². The van der Waals surface area contributed by atoms with E-state index < -0.39 is 5.97 Å². The number of rotatable bonds is 9. The van der Waals surface area contributed by atoms with Crippen LogP contribution >= 0.6 is 15.9 Å². The molecule has 2 rings (SSSR count). The quantitative estimate of drug-likeness (QED) is 0.328. The maximum Gasteiger partial charge on any atom is 0.306 e. The Hall–Kier alpha value is -2.48. The van der Waals surface area contributed by atoms with Gasteiger partial charge in [0.25, 0.3) is 17.7 Å². The summed E-state index contributed by atoms with van der Waals surface area (Å²) in [6, 6.07) is 4.92. The molecule has 1 aliphatic heterocycles. The molecule has 8 heteroatoms. The summed E-state index contributed by atoms with van der Waals surface area (Å²) in [5.41, 5.74) is 1.55. The highest BCUT2D eigenvalue weighted by atomic mass is 79.9. The molecule has 0 saturated carbocycles. The number of halogens is 1. The smallest absolute Gasteiger partial charge is 0.306 e. The first-order chi connectivity index (χ1) is 13.2. The van der Waals surface area contributed by atoms with E-state index in [9.17, 15) is 19.2 Å². The van der Waals surface area contributed by atoms with Crippen LogP contribution in [0.3, 0.4) is 0 Å². The molecule has 1 aromatic rings. The van der Waals surface area contributed by atoms with Crippen molar-refractivity contribution in [1.29, 1.82) is 0 Å². The number of benzene rings is 1. The summed E-state index contributed by atoms with van der Waals surface area (Å²) in [6.07, 6.45) is 0.278. The predicted molar refractivity (Wildman–Crippen MR) is 107 cm³/mol. The minimum Gasteiger partial charge on any atom is -0.456 e. The molecule has 0 saturated heterocycles. The van der Waals surface area contributed by atoms with Gasteiger partial charge in [-0.1, -0.05) is 28.1 Å². The number of ether oxygens (including phenoxy) is 1. The lowest BCUT2D eigenvalue weighted by Gasteiger charge is -2.20. The van der Waals surface area contributed by atoms with E-state index in [1.54, 1.807) is 23.1 Å². The molecule has 1 aliphatic rings. The summed E-state index contributed by atoms with van der Waals surface area (Å²) in [5, 5.41) is 0. The van der Waals surface area contributed by atoms with Crippen molar-refractivity contribution >= 4 is 39.6 Å². The SMILES string of the molecule is C=C(C)CN(CC)C(=O)COC(=O)CCCN1C(=O)c2ccc(Br)cc2C1=O. The Balaban J connectivity index is 1.78. The van der Waals surface area contributed by atoms with Crippen molar-refractivity contribution in [2.24, 2.45) is 0 Å². The molecule has 0 unspecified atom stereocenters. The second kappa shape index (κ2) is 9.64.